The van der Waals surface area contributed by atoms with Gasteiger partial charge in [-0.05, 0) is 12.1 Å². The molecule has 1 aromatic carbocycles. The van der Waals surface area contributed by atoms with E-state index in [2.05, 4.69) is 15.4 Å². The molecule has 0 heterocycles. The Kier molecular flexibility index (Phi) is 6.11. The van der Waals surface area contributed by atoms with Crippen molar-refractivity contribution < 1.29 is 27.6 Å². The van der Waals surface area contributed by atoms with Crippen molar-refractivity contribution in [3.05, 3.63) is 33.9 Å². The summed E-state index contributed by atoms with van der Waals surface area (Å²) < 4.78 is 42.2. The molecule has 2 N–H and O–H groups in total. The maximum Gasteiger partial charge on any atom is 0.416 e. The second-order valence-electron chi connectivity index (χ2n) is 4.20. The summed E-state index contributed by atoms with van der Waals surface area (Å²) in [7, 11) is 1.35. The first-order valence-electron chi connectivity index (χ1n) is 6.11. The Morgan fingerprint density at radius 3 is 2.59 bits per heavy atom. The number of nitro groups is 1. The molecule has 0 aliphatic rings. The lowest BCUT2D eigenvalue weighted by Gasteiger charge is -2.11. The van der Waals surface area contributed by atoms with Crippen LogP contribution in [0.15, 0.2) is 18.2 Å². The van der Waals surface area contributed by atoms with Crippen LogP contribution < -0.4 is 10.6 Å². The third-order valence-corrected chi connectivity index (χ3v) is 2.56. The first-order valence-corrected chi connectivity index (χ1v) is 6.11. The molecular weight excluding hydrogens is 307 g/mol. The van der Waals surface area contributed by atoms with Gasteiger partial charge < -0.3 is 15.4 Å². The lowest BCUT2D eigenvalue weighted by Crippen LogP contribution is -2.31. The van der Waals surface area contributed by atoms with Crippen molar-refractivity contribution in [2.24, 2.45) is 0 Å². The van der Waals surface area contributed by atoms with Crippen molar-refractivity contribution in [1.29, 1.82) is 0 Å². The standard InChI is InChI=1S/C12H14F3N3O4/c1-22-7-11(19)17-5-4-16-9-3-2-8(12(13,14)15)6-10(9)18(20)21/h2-3,6,16H,4-5,7H2,1H3,(H,17,19). The summed E-state index contributed by atoms with van der Waals surface area (Å²) >= 11 is 0. The first-order chi connectivity index (χ1) is 10.3. The molecule has 0 fully saturated rings. The molecule has 0 bridgehead atoms. The van der Waals surface area contributed by atoms with E-state index >= 15 is 0 Å². The van der Waals surface area contributed by atoms with Crippen molar-refractivity contribution in [3.8, 4) is 0 Å². The van der Waals surface area contributed by atoms with E-state index in [0.29, 0.717) is 6.07 Å². The van der Waals surface area contributed by atoms with Crippen LogP contribution in [0, 0.1) is 10.1 Å². The van der Waals surface area contributed by atoms with E-state index in [1.54, 1.807) is 0 Å². The van der Waals surface area contributed by atoms with Crippen molar-refractivity contribution in [1.82, 2.24) is 5.32 Å². The number of hydrogen-bond donors (Lipinski definition) is 2. The minimum Gasteiger partial charge on any atom is -0.378 e. The molecule has 10 heteroatoms. The van der Waals surface area contributed by atoms with E-state index in [-0.39, 0.29) is 31.3 Å². The summed E-state index contributed by atoms with van der Waals surface area (Å²) in [4.78, 5) is 21.0. The van der Waals surface area contributed by atoms with Crippen LogP contribution in [0.2, 0.25) is 0 Å². The van der Waals surface area contributed by atoms with Crippen LogP contribution in [0.5, 0.6) is 0 Å². The van der Waals surface area contributed by atoms with Crippen molar-refractivity contribution in [3.63, 3.8) is 0 Å². The Hall–Kier alpha value is -2.36. The van der Waals surface area contributed by atoms with Crippen LogP contribution >= 0.6 is 0 Å². The Morgan fingerprint density at radius 1 is 1.36 bits per heavy atom. The highest BCUT2D eigenvalue weighted by atomic mass is 19.4. The maximum absolute atomic E-state index is 12.5. The second kappa shape index (κ2) is 7.59. The zero-order chi connectivity index (χ0) is 16.8. The van der Waals surface area contributed by atoms with Crippen molar-refractivity contribution in [2.75, 3.05) is 32.1 Å². The number of nitro benzene ring substituents is 1. The van der Waals surface area contributed by atoms with Gasteiger partial charge in [0.05, 0.1) is 10.5 Å². The highest BCUT2D eigenvalue weighted by molar-refractivity contribution is 5.77. The van der Waals surface area contributed by atoms with Gasteiger partial charge in [0.2, 0.25) is 5.91 Å². The first kappa shape index (κ1) is 17.7. The zero-order valence-corrected chi connectivity index (χ0v) is 11.6. The van der Waals surface area contributed by atoms with E-state index in [0.717, 1.165) is 12.1 Å². The fourth-order valence-corrected chi connectivity index (χ4v) is 1.59. The summed E-state index contributed by atoms with van der Waals surface area (Å²) in [6.45, 7) is 0.127. The smallest absolute Gasteiger partial charge is 0.378 e. The lowest BCUT2D eigenvalue weighted by molar-refractivity contribution is -0.384. The summed E-state index contributed by atoms with van der Waals surface area (Å²) in [5.41, 5.74) is -1.84. The predicted octanol–water partition coefficient (Wildman–Crippen LogP) is 1.79. The lowest BCUT2D eigenvalue weighted by atomic mass is 10.1. The molecule has 122 valence electrons. The predicted molar refractivity (Wildman–Crippen MR) is 71.5 cm³/mol. The van der Waals surface area contributed by atoms with Crippen molar-refractivity contribution >= 4 is 17.3 Å². The molecule has 0 aliphatic heterocycles. The number of nitrogens with one attached hydrogen (secondary N) is 2. The fraction of sp³-hybridized carbons (Fsp3) is 0.417. The SMILES string of the molecule is COCC(=O)NCCNc1ccc(C(F)(F)F)cc1[N+](=O)[O-]. The fourth-order valence-electron chi connectivity index (χ4n) is 1.59. The number of halogens is 3. The molecule has 0 unspecified atom stereocenters. The van der Waals surface area contributed by atoms with Gasteiger partial charge in [-0.25, -0.2) is 0 Å². The van der Waals surface area contributed by atoms with Gasteiger partial charge in [0.1, 0.15) is 12.3 Å². The number of methoxy groups -OCH3 is 1. The van der Waals surface area contributed by atoms with Gasteiger partial charge in [-0.3, -0.25) is 14.9 Å². The van der Waals surface area contributed by atoms with E-state index in [4.69, 9.17) is 0 Å². The topological polar surface area (TPSA) is 93.5 Å². The van der Waals surface area contributed by atoms with Crippen LogP contribution in [0.4, 0.5) is 24.5 Å². The monoisotopic (exact) mass is 321 g/mol. The number of alkyl halides is 3. The molecular formula is C12H14F3N3O4. The molecule has 7 nitrogen and oxygen atoms in total. The number of hydrogen-bond acceptors (Lipinski definition) is 5. The van der Waals surface area contributed by atoms with E-state index in [1.807, 2.05) is 0 Å². The number of carbonyl (C=O) groups is 1. The Balaban J connectivity index is 2.70. The summed E-state index contributed by atoms with van der Waals surface area (Å²) in [5, 5.41) is 15.9. The normalized spacial score (nSPS) is 11.1. The Bertz CT molecular complexity index is 549. The van der Waals surface area contributed by atoms with Crippen LogP contribution in [0.25, 0.3) is 0 Å². The Labute approximate surface area is 123 Å². The highest BCUT2D eigenvalue weighted by Gasteiger charge is 2.32. The zero-order valence-electron chi connectivity index (χ0n) is 11.6. The Morgan fingerprint density at radius 2 is 2.05 bits per heavy atom. The van der Waals surface area contributed by atoms with Crippen LogP contribution in [-0.4, -0.2) is 37.6 Å². The molecule has 22 heavy (non-hydrogen) atoms. The maximum atomic E-state index is 12.5. The van der Waals surface area contributed by atoms with E-state index in [9.17, 15) is 28.1 Å². The van der Waals surface area contributed by atoms with Gasteiger partial charge in [0, 0.05) is 26.3 Å². The van der Waals surface area contributed by atoms with Gasteiger partial charge in [-0.15, -0.1) is 0 Å². The number of nitrogens with zero attached hydrogens (tertiary/aromatic N) is 1. The average Bonchev–Trinajstić information content (AvgIpc) is 2.42. The number of anilines is 1. The molecule has 0 aromatic heterocycles. The van der Waals surface area contributed by atoms with Crippen molar-refractivity contribution in [2.45, 2.75) is 6.18 Å². The van der Waals surface area contributed by atoms with Gasteiger partial charge in [-0.2, -0.15) is 13.2 Å². The minimum absolute atomic E-state index is 0.0565. The third kappa shape index (κ3) is 5.20. The molecule has 0 saturated heterocycles. The minimum atomic E-state index is -4.66. The van der Waals surface area contributed by atoms with Crippen LogP contribution in [0.1, 0.15) is 5.56 Å². The number of benzene rings is 1. The molecule has 0 aliphatic carbocycles. The van der Waals surface area contributed by atoms with Crippen LogP contribution in [0.3, 0.4) is 0 Å². The number of amides is 1. The number of ether oxygens (including phenoxy) is 1. The molecule has 0 atom stereocenters. The highest BCUT2D eigenvalue weighted by Crippen LogP contribution is 2.34. The summed E-state index contributed by atoms with van der Waals surface area (Å²) in [6, 6.07) is 2.20. The van der Waals surface area contributed by atoms with Crippen LogP contribution in [-0.2, 0) is 15.7 Å². The molecule has 1 aromatic rings. The molecule has 1 rings (SSSR count). The average molecular weight is 321 g/mol. The van der Waals surface area contributed by atoms with E-state index < -0.39 is 22.4 Å². The molecule has 0 radical (unpaired) electrons. The third-order valence-electron chi connectivity index (χ3n) is 2.56. The molecule has 0 saturated carbocycles. The largest absolute Gasteiger partial charge is 0.416 e. The summed E-state index contributed by atoms with van der Waals surface area (Å²) in [6.07, 6.45) is -4.66. The van der Waals surface area contributed by atoms with Gasteiger partial charge in [-0.1, -0.05) is 0 Å². The number of carbonyl (C=O) groups excluding carboxylic acids is 1. The van der Waals surface area contributed by atoms with E-state index in [1.165, 1.54) is 7.11 Å². The van der Waals surface area contributed by atoms with Gasteiger partial charge in [0.25, 0.3) is 5.69 Å². The summed E-state index contributed by atoms with van der Waals surface area (Å²) in [5.74, 6) is -0.369. The van der Waals surface area contributed by atoms with Gasteiger partial charge >= 0.3 is 6.18 Å². The molecule has 1 amide bonds. The quantitative estimate of drug-likeness (QED) is 0.454. The molecule has 0 spiro atoms. The number of rotatable bonds is 7. The second-order valence-corrected chi connectivity index (χ2v) is 4.20. The van der Waals surface area contributed by atoms with Gasteiger partial charge in [0.15, 0.2) is 0 Å².